The van der Waals surface area contributed by atoms with Gasteiger partial charge in [0.25, 0.3) is 5.91 Å². The van der Waals surface area contributed by atoms with Crippen molar-refractivity contribution in [3.63, 3.8) is 0 Å². The topological polar surface area (TPSA) is 103 Å². The van der Waals surface area contributed by atoms with Crippen LogP contribution in [0.1, 0.15) is 37.4 Å². The number of ether oxygens (including phenoxy) is 1. The van der Waals surface area contributed by atoms with E-state index >= 15 is 0 Å². The molecule has 180 valence electrons. The molecule has 1 aliphatic rings. The van der Waals surface area contributed by atoms with E-state index in [1.807, 2.05) is 33.9 Å². The maximum atomic E-state index is 14.8. The highest BCUT2D eigenvalue weighted by atomic mass is 28.4. The van der Waals surface area contributed by atoms with Crippen molar-refractivity contribution in [2.45, 2.75) is 63.3 Å². The molecule has 2 N–H and O–H groups in total. The number of carbonyl (C=O) groups excluding carboxylic acids is 1. The molecular weight excluding hydrogens is 452 g/mol. The molecule has 1 amide bonds. The molecule has 0 unspecified atom stereocenters. The SMILES string of the molecule is CC(C)(C)[Si](C)(C)OC[C@H]1O[C@@H](n2ccc(NC(=O)c3ccccc3)nc2=O)C(F)(F)[C@@H]1O. The molecule has 1 aromatic carbocycles. The highest BCUT2D eigenvalue weighted by molar-refractivity contribution is 6.74. The third-order valence-corrected chi connectivity index (χ3v) is 10.7. The Hall–Kier alpha value is -2.47. The molecule has 0 spiro atoms. The number of aliphatic hydroxyl groups is 1. The molecule has 0 saturated carbocycles. The van der Waals surface area contributed by atoms with Crippen molar-refractivity contribution in [1.29, 1.82) is 0 Å². The molecule has 1 saturated heterocycles. The van der Waals surface area contributed by atoms with Gasteiger partial charge < -0.3 is 19.6 Å². The van der Waals surface area contributed by atoms with Crippen LogP contribution in [0, 0.1) is 0 Å². The van der Waals surface area contributed by atoms with Gasteiger partial charge in [0.1, 0.15) is 11.9 Å². The van der Waals surface area contributed by atoms with E-state index in [0.29, 0.717) is 10.1 Å². The summed E-state index contributed by atoms with van der Waals surface area (Å²) in [4.78, 5) is 28.4. The fourth-order valence-electron chi connectivity index (χ4n) is 3.05. The monoisotopic (exact) mass is 481 g/mol. The second-order valence-electron chi connectivity index (χ2n) is 9.54. The molecule has 1 aromatic heterocycles. The fraction of sp³-hybridized carbons (Fsp3) is 0.500. The number of carbonyl (C=O) groups is 1. The number of anilines is 1. The van der Waals surface area contributed by atoms with Crippen LogP contribution in [0.5, 0.6) is 0 Å². The number of alkyl halides is 2. The summed E-state index contributed by atoms with van der Waals surface area (Å²) in [6.45, 7) is 9.71. The molecule has 3 rings (SSSR count). The Morgan fingerprint density at radius 2 is 1.91 bits per heavy atom. The Morgan fingerprint density at radius 3 is 2.48 bits per heavy atom. The number of benzene rings is 1. The van der Waals surface area contributed by atoms with Gasteiger partial charge in [0, 0.05) is 11.8 Å². The summed E-state index contributed by atoms with van der Waals surface area (Å²) in [6, 6.07) is 9.48. The Kier molecular flexibility index (Phi) is 6.90. The van der Waals surface area contributed by atoms with Crippen LogP contribution in [0.15, 0.2) is 47.4 Å². The fourth-order valence-corrected chi connectivity index (χ4v) is 4.07. The number of hydrogen-bond donors (Lipinski definition) is 2. The van der Waals surface area contributed by atoms with E-state index in [9.17, 15) is 23.5 Å². The van der Waals surface area contributed by atoms with Crippen molar-refractivity contribution in [1.82, 2.24) is 9.55 Å². The highest BCUT2D eigenvalue weighted by Crippen LogP contribution is 2.43. The summed E-state index contributed by atoms with van der Waals surface area (Å²) >= 11 is 0. The van der Waals surface area contributed by atoms with E-state index in [1.165, 1.54) is 6.07 Å². The third kappa shape index (κ3) is 5.21. The molecule has 0 bridgehead atoms. The lowest BCUT2D eigenvalue weighted by Gasteiger charge is -2.37. The number of hydrogen-bond acceptors (Lipinski definition) is 6. The van der Waals surface area contributed by atoms with Crippen LogP contribution in [0.4, 0.5) is 14.6 Å². The van der Waals surface area contributed by atoms with Crippen molar-refractivity contribution < 1.29 is 27.8 Å². The van der Waals surface area contributed by atoms with Crippen LogP contribution in [0.2, 0.25) is 18.1 Å². The Balaban J connectivity index is 1.75. The van der Waals surface area contributed by atoms with E-state index < -0.39 is 44.3 Å². The lowest BCUT2D eigenvalue weighted by Crippen LogP contribution is -2.45. The molecule has 11 heteroatoms. The van der Waals surface area contributed by atoms with E-state index in [2.05, 4.69) is 10.3 Å². The van der Waals surface area contributed by atoms with Crippen LogP contribution in [-0.2, 0) is 9.16 Å². The summed E-state index contributed by atoms with van der Waals surface area (Å²) in [6.07, 6.45) is -4.47. The lowest BCUT2D eigenvalue weighted by atomic mass is 10.1. The first-order valence-electron chi connectivity index (χ1n) is 10.5. The van der Waals surface area contributed by atoms with Crippen LogP contribution >= 0.6 is 0 Å². The Labute approximate surface area is 191 Å². The summed E-state index contributed by atoms with van der Waals surface area (Å²) in [5, 5.41) is 12.5. The highest BCUT2D eigenvalue weighted by Gasteiger charge is 2.60. The Bertz CT molecular complexity index is 1060. The zero-order valence-electron chi connectivity index (χ0n) is 19.2. The minimum atomic E-state index is -3.75. The molecule has 1 fully saturated rings. The number of aromatic nitrogens is 2. The summed E-state index contributed by atoms with van der Waals surface area (Å²) in [5.41, 5.74) is -0.703. The average molecular weight is 482 g/mol. The van der Waals surface area contributed by atoms with Crippen molar-refractivity contribution in [2.24, 2.45) is 0 Å². The van der Waals surface area contributed by atoms with Gasteiger partial charge >= 0.3 is 11.6 Å². The predicted octanol–water partition coefficient (Wildman–Crippen LogP) is 3.41. The van der Waals surface area contributed by atoms with Crippen molar-refractivity contribution in [2.75, 3.05) is 11.9 Å². The van der Waals surface area contributed by atoms with Gasteiger partial charge in [-0.05, 0) is 36.3 Å². The van der Waals surface area contributed by atoms with Crippen LogP contribution in [0.3, 0.4) is 0 Å². The normalized spacial score (nSPS) is 22.8. The van der Waals surface area contributed by atoms with Gasteiger partial charge in [0.2, 0.25) is 6.23 Å². The predicted molar refractivity (Wildman–Crippen MR) is 121 cm³/mol. The standard InChI is InChI=1S/C22H29F2N3O5Si/c1-21(2,3)33(4,5)31-13-15-17(28)22(23,24)19(32-15)27-12-11-16(26-20(27)30)25-18(29)14-9-7-6-8-10-14/h6-12,15,17,19,28H,13H2,1-5H3,(H,25,26,29,30)/t15-,17-,19-/m1/s1. The maximum Gasteiger partial charge on any atom is 0.351 e. The first-order valence-corrected chi connectivity index (χ1v) is 13.5. The number of halogens is 2. The second kappa shape index (κ2) is 9.05. The van der Waals surface area contributed by atoms with Gasteiger partial charge in [0.05, 0.1) is 6.61 Å². The lowest BCUT2D eigenvalue weighted by molar-refractivity contribution is -0.140. The first kappa shape index (κ1) is 25.2. The van der Waals surface area contributed by atoms with E-state index in [0.717, 1.165) is 6.20 Å². The molecule has 1 aliphatic heterocycles. The zero-order valence-corrected chi connectivity index (χ0v) is 20.2. The largest absolute Gasteiger partial charge is 0.414 e. The molecule has 33 heavy (non-hydrogen) atoms. The number of nitrogens with one attached hydrogen (secondary N) is 1. The second-order valence-corrected chi connectivity index (χ2v) is 14.3. The van der Waals surface area contributed by atoms with Gasteiger partial charge in [-0.1, -0.05) is 39.0 Å². The van der Waals surface area contributed by atoms with Crippen LogP contribution in [-0.4, -0.2) is 53.6 Å². The number of amides is 1. The molecule has 3 atom stereocenters. The van der Waals surface area contributed by atoms with Crippen molar-refractivity contribution in [3.05, 3.63) is 58.6 Å². The van der Waals surface area contributed by atoms with E-state index in [1.54, 1.807) is 30.3 Å². The molecular formula is C22H29F2N3O5Si. The molecule has 0 aliphatic carbocycles. The smallest absolute Gasteiger partial charge is 0.351 e. The van der Waals surface area contributed by atoms with Gasteiger partial charge in [0.15, 0.2) is 14.4 Å². The summed E-state index contributed by atoms with van der Waals surface area (Å²) in [7, 11) is -2.27. The summed E-state index contributed by atoms with van der Waals surface area (Å²) in [5.74, 6) is -4.34. The van der Waals surface area contributed by atoms with Gasteiger partial charge in [-0.25, -0.2) is 4.79 Å². The number of rotatable bonds is 6. The van der Waals surface area contributed by atoms with Crippen molar-refractivity contribution in [3.8, 4) is 0 Å². The minimum Gasteiger partial charge on any atom is -0.414 e. The van der Waals surface area contributed by atoms with Gasteiger partial charge in [-0.2, -0.15) is 13.8 Å². The van der Waals surface area contributed by atoms with Crippen LogP contribution < -0.4 is 11.0 Å². The molecule has 8 nitrogen and oxygen atoms in total. The van der Waals surface area contributed by atoms with Crippen molar-refractivity contribution >= 4 is 20.0 Å². The zero-order chi connectivity index (χ0) is 24.6. The van der Waals surface area contributed by atoms with E-state index in [-0.39, 0.29) is 17.5 Å². The first-order chi connectivity index (χ1) is 15.2. The molecule has 2 aromatic rings. The summed E-state index contributed by atoms with van der Waals surface area (Å²) < 4.78 is 41.6. The average Bonchev–Trinajstić information content (AvgIpc) is 2.95. The third-order valence-electron chi connectivity index (χ3n) is 6.15. The minimum absolute atomic E-state index is 0.0928. The maximum absolute atomic E-state index is 14.8. The molecule has 2 heterocycles. The van der Waals surface area contributed by atoms with Gasteiger partial charge in [-0.15, -0.1) is 0 Å². The van der Waals surface area contributed by atoms with Crippen LogP contribution in [0.25, 0.3) is 0 Å². The Morgan fingerprint density at radius 1 is 1.27 bits per heavy atom. The molecule has 0 radical (unpaired) electrons. The van der Waals surface area contributed by atoms with E-state index in [4.69, 9.17) is 9.16 Å². The number of nitrogens with zero attached hydrogens (tertiary/aromatic N) is 2. The van der Waals surface area contributed by atoms with Gasteiger partial charge in [-0.3, -0.25) is 9.36 Å². The number of aliphatic hydroxyl groups excluding tert-OH is 1. The quantitative estimate of drug-likeness (QED) is 0.613.